The Bertz CT molecular complexity index is 1150. The number of nitrogens with one attached hydrogen (secondary N) is 1. The first-order chi connectivity index (χ1) is 15.9. The van der Waals surface area contributed by atoms with Crippen molar-refractivity contribution in [1.29, 1.82) is 0 Å². The van der Waals surface area contributed by atoms with Crippen molar-refractivity contribution in [3.8, 4) is 23.3 Å². The predicted molar refractivity (Wildman–Crippen MR) is 136 cm³/mol. The van der Waals surface area contributed by atoms with E-state index in [2.05, 4.69) is 27.1 Å². The minimum absolute atomic E-state index is 0. The van der Waals surface area contributed by atoms with Gasteiger partial charge in [0.1, 0.15) is 31.0 Å². The zero-order chi connectivity index (χ0) is 23.7. The number of ether oxygens (including phenoxy) is 4. The number of halogens is 1. The van der Waals surface area contributed by atoms with Crippen molar-refractivity contribution < 1.29 is 59.1 Å². The van der Waals surface area contributed by atoms with Crippen LogP contribution in [0.1, 0.15) is 19.4 Å². The third-order valence-corrected chi connectivity index (χ3v) is 4.43. The van der Waals surface area contributed by atoms with Crippen LogP contribution in [-0.2, 0) is 9.47 Å². The quantitative estimate of drug-likeness (QED) is 0.224. The minimum atomic E-state index is -1.06. The van der Waals surface area contributed by atoms with Crippen molar-refractivity contribution in [2.75, 3.05) is 46.0 Å². The average Bonchev–Trinajstić information content (AvgIpc) is 2.78. The van der Waals surface area contributed by atoms with Crippen molar-refractivity contribution >= 4 is 34.8 Å². The number of hydrogen-bond acceptors (Lipinski definition) is 9. The molecule has 1 heterocycles. The third-order valence-electron chi connectivity index (χ3n) is 4.43. The summed E-state index contributed by atoms with van der Waals surface area (Å²) in [7, 11) is 3.24. The number of methoxy groups -OCH3 is 2. The SMILES string of the molecule is COCCOc1cc2ncnc(Nc3cccc(C#CC(C)(C)O)c3)c2cc1OCCOC.Cl.[Na+].[OH-]. The Hall–Kier alpha value is -2.13. The van der Waals surface area contributed by atoms with Gasteiger partial charge in [0, 0.05) is 36.9 Å². The van der Waals surface area contributed by atoms with E-state index in [4.69, 9.17) is 18.9 Å². The van der Waals surface area contributed by atoms with Crippen molar-refractivity contribution in [2.24, 2.45) is 0 Å². The standard InChI is InChI=1S/C25H29N3O5.ClH.Na.H2O/c1-25(2,29)9-8-18-6-5-7-19(14-18)28-24-20-15-22(32-12-10-30-3)23(33-13-11-31-4)16-21(20)26-17-27-24;;;/h5-7,14-17,29H,10-13H2,1-4H3,(H,26,27,28);1H;;1H2/q;;+1;/p-1. The molecule has 0 spiro atoms. The first-order valence-corrected chi connectivity index (χ1v) is 10.5. The van der Waals surface area contributed by atoms with Crippen LogP contribution < -0.4 is 44.3 Å². The number of aromatic nitrogens is 2. The van der Waals surface area contributed by atoms with Gasteiger partial charge in [-0.25, -0.2) is 9.97 Å². The van der Waals surface area contributed by atoms with Gasteiger partial charge >= 0.3 is 29.6 Å². The van der Waals surface area contributed by atoms with Crippen LogP contribution in [0.3, 0.4) is 0 Å². The Morgan fingerprint density at radius 1 is 0.944 bits per heavy atom. The minimum Gasteiger partial charge on any atom is -0.870 e. The molecule has 11 heteroatoms. The molecule has 0 saturated carbocycles. The Balaban J connectivity index is 0.00000408. The van der Waals surface area contributed by atoms with Gasteiger partial charge in [0.05, 0.1) is 18.7 Å². The monoisotopic (exact) mass is 527 g/mol. The van der Waals surface area contributed by atoms with E-state index >= 15 is 0 Å². The van der Waals surface area contributed by atoms with E-state index in [1.807, 2.05) is 36.4 Å². The maximum Gasteiger partial charge on any atom is 1.00 e. The van der Waals surface area contributed by atoms with Crippen molar-refractivity contribution in [3.05, 3.63) is 48.3 Å². The van der Waals surface area contributed by atoms with Gasteiger partial charge in [-0.05, 0) is 38.1 Å². The van der Waals surface area contributed by atoms with Crippen molar-refractivity contribution in [2.45, 2.75) is 19.4 Å². The molecule has 3 rings (SSSR count). The van der Waals surface area contributed by atoms with E-state index < -0.39 is 5.60 Å². The topological polar surface area (TPSA) is 125 Å². The normalized spacial score (nSPS) is 10.1. The number of benzene rings is 2. The van der Waals surface area contributed by atoms with E-state index in [1.165, 1.54) is 6.33 Å². The second kappa shape index (κ2) is 16.6. The van der Waals surface area contributed by atoms with Crippen LogP contribution in [-0.4, -0.2) is 66.8 Å². The van der Waals surface area contributed by atoms with E-state index in [-0.39, 0.29) is 47.4 Å². The molecule has 0 bridgehead atoms. The smallest absolute Gasteiger partial charge is 0.870 e. The molecule has 1 aromatic heterocycles. The van der Waals surface area contributed by atoms with Gasteiger partial charge in [-0.2, -0.15) is 0 Å². The summed E-state index contributed by atoms with van der Waals surface area (Å²) in [4.78, 5) is 8.81. The molecular formula is C25H31ClN3NaO6. The first kappa shape index (κ1) is 33.9. The molecule has 0 radical (unpaired) electrons. The summed E-state index contributed by atoms with van der Waals surface area (Å²) in [6.45, 7) is 4.96. The Morgan fingerprint density at radius 3 is 2.19 bits per heavy atom. The summed E-state index contributed by atoms with van der Waals surface area (Å²) in [5, 5.41) is 14.0. The number of anilines is 2. The van der Waals surface area contributed by atoms with Gasteiger partial charge in [-0.3, -0.25) is 0 Å². The zero-order valence-electron chi connectivity index (χ0n) is 21.2. The molecule has 0 unspecified atom stereocenters. The Kier molecular flexibility index (Phi) is 15.6. The molecule has 0 fully saturated rings. The molecule has 9 nitrogen and oxygen atoms in total. The Labute approximate surface area is 239 Å². The molecule has 0 aliphatic heterocycles. The summed E-state index contributed by atoms with van der Waals surface area (Å²) >= 11 is 0. The molecule has 36 heavy (non-hydrogen) atoms. The van der Waals surface area contributed by atoms with Crippen LogP contribution >= 0.6 is 12.4 Å². The van der Waals surface area contributed by atoms with Gasteiger partial charge in [0.2, 0.25) is 0 Å². The molecule has 0 aliphatic rings. The molecule has 0 aliphatic carbocycles. The number of aliphatic hydroxyl groups is 1. The Morgan fingerprint density at radius 2 is 1.58 bits per heavy atom. The van der Waals surface area contributed by atoms with Gasteiger partial charge < -0.3 is 34.8 Å². The summed E-state index contributed by atoms with van der Waals surface area (Å²) in [6.07, 6.45) is 1.49. The maximum atomic E-state index is 9.85. The molecule has 3 N–H and O–H groups in total. The van der Waals surface area contributed by atoms with Crippen LogP contribution in [0.4, 0.5) is 11.5 Å². The van der Waals surface area contributed by atoms with Gasteiger partial charge in [-0.15, -0.1) is 12.4 Å². The zero-order valence-corrected chi connectivity index (χ0v) is 24.0. The number of nitrogens with zero attached hydrogens (tertiary/aromatic N) is 2. The van der Waals surface area contributed by atoms with Crippen LogP contribution in [0.25, 0.3) is 10.9 Å². The predicted octanol–water partition coefficient (Wildman–Crippen LogP) is 0.795. The molecule has 0 saturated heterocycles. The van der Waals surface area contributed by atoms with Crippen LogP contribution in [0, 0.1) is 11.8 Å². The van der Waals surface area contributed by atoms with Crippen molar-refractivity contribution in [1.82, 2.24) is 9.97 Å². The number of hydrogen-bond donors (Lipinski definition) is 2. The third kappa shape index (κ3) is 10.5. The second-order valence-corrected chi connectivity index (χ2v) is 7.74. The summed E-state index contributed by atoms with van der Waals surface area (Å²) in [5.41, 5.74) is 1.23. The molecule has 0 atom stereocenters. The van der Waals surface area contributed by atoms with Crippen LogP contribution in [0.5, 0.6) is 11.5 Å². The molecule has 3 aromatic rings. The van der Waals surface area contributed by atoms with E-state index in [0.717, 1.165) is 16.6 Å². The van der Waals surface area contributed by atoms with E-state index in [9.17, 15) is 5.11 Å². The number of fused-ring (bicyclic) bond motifs is 1. The van der Waals surface area contributed by atoms with Gasteiger partial charge in [-0.1, -0.05) is 17.9 Å². The summed E-state index contributed by atoms with van der Waals surface area (Å²) < 4.78 is 21.9. The van der Waals surface area contributed by atoms with Crippen LogP contribution in [0.15, 0.2) is 42.7 Å². The number of rotatable bonds is 10. The molecule has 2 aromatic carbocycles. The average molecular weight is 528 g/mol. The summed E-state index contributed by atoms with van der Waals surface area (Å²) in [6, 6.07) is 11.3. The fourth-order valence-electron chi connectivity index (χ4n) is 2.90. The fraction of sp³-hybridized carbons (Fsp3) is 0.360. The van der Waals surface area contributed by atoms with E-state index in [0.29, 0.717) is 49.3 Å². The summed E-state index contributed by atoms with van der Waals surface area (Å²) in [5.74, 6) is 7.57. The fourth-order valence-corrected chi connectivity index (χ4v) is 2.90. The van der Waals surface area contributed by atoms with Crippen molar-refractivity contribution in [3.63, 3.8) is 0 Å². The molecule has 190 valence electrons. The second-order valence-electron chi connectivity index (χ2n) is 7.74. The maximum absolute atomic E-state index is 9.85. The largest absolute Gasteiger partial charge is 1.00 e. The van der Waals surface area contributed by atoms with Gasteiger partial charge in [0.25, 0.3) is 0 Å². The van der Waals surface area contributed by atoms with Gasteiger partial charge in [0.15, 0.2) is 11.5 Å². The molecule has 0 amide bonds. The van der Waals surface area contributed by atoms with Crippen LogP contribution in [0.2, 0.25) is 0 Å². The molecular weight excluding hydrogens is 497 g/mol. The van der Waals surface area contributed by atoms with E-state index in [1.54, 1.807) is 28.1 Å². The first-order valence-electron chi connectivity index (χ1n) is 10.5.